The van der Waals surface area contributed by atoms with Crippen LogP contribution in [0.4, 0.5) is 4.79 Å². The van der Waals surface area contributed by atoms with Crippen molar-refractivity contribution in [3.05, 3.63) is 11.7 Å². The number of nitrogens with zero attached hydrogens (tertiary/aromatic N) is 3. The zero-order valence-electron chi connectivity index (χ0n) is 15.2. The molecule has 12 N–H and O–H groups in total. The second kappa shape index (κ2) is 11.3. The summed E-state index contributed by atoms with van der Waals surface area (Å²) in [6.45, 7) is -0.0669. The van der Waals surface area contributed by atoms with Crippen molar-refractivity contribution in [3.63, 3.8) is 0 Å². The Morgan fingerprint density at radius 3 is 2.54 bits per heavy atom. The largest absolute Gasteiger partial charge is 0.563 e. The molecule has 0 aliphatic heterocycles. The molecule has 0 aliphatic carbocycles. The Labute approximate surface area is 160 Å². The van der Waals surface area contributed by atoms with E-state index in [0.29, 0.717) is 19.4 Å². The van der Waals surface area contributed by atoms with Gasteiger partial charge in [-0.25, -0.2) is 4.79 Å². The van der Waals surface area contributed by atoms with Crippen molar-refractivity contribution in [2.45, 2.75) is 37.8 Å². The minimum absolute atomic E-state index is 0.0100. The summed E-state index contributed by atoms with van der Waals surface area (Å²) in [5.74, 6) is -1.31. The molecule has 1 aromatic heterocycles. The van der Waals surface area contributed by atoms with Crippen LogP contribution < -0.4 is 33.6 Å². The Morgan fingerprint density at radius 2 is 1.93 bits per heavy atom. The first-order valence-electron chi connectivity index (χ1n) is 8.40. The number of hydrogen-bond acceptors (Lipinski definition) is 8. The molecule has 1 aromatic rings. The van der Waals surface area contributed by atoms with Crippen LogP contribution in [0.5, 0.6) is 0 Å². The van der Waals surface area contributed by atoms with Crippen LogP contribution in [0.3, 0.4) is 0 Å². The Hall–Kier alpha value is -3.42. The van der Waals surface area contributed by atoms with Crippen LogP contribution in [0.15, 0.2) is 9.52 Å². The molecule has 0 bridgehead atoms. The maximum atomic E-state index is 11.8. The van der Waals surface area contributed by atoms with Crippen LogP contribution in [0.1, 0.15) is 49.5 Å². The van der Waals surface area contributed by atoms with Gasteiger partial charge in [0, 0.05) is 17.8 Å². The number of amides is 3. The maximum absolute atomic E-state index is 11.8. The molecule has 0 saturated heterocycles. The number of nitrogens with two attached hydrogens (primary N) is 4. The zero-order valence-corrected chi connectivity index (χ0v) is 15.2. The van der Waals surface area contributed by atoms with E-state index in [1.54, 1.807) is 0 Å². The molecule has 3 amide bonds. The molecule has 0 aliphatic rings. The van der Waals surface area contributed by atoms with Gasteiger partial charge >= 0.3 is 12.0 Å². The van der Waals surface area contributed by atoms with E-state index in [2.05, 4.69) is 25.8 Å². The first-order chi connectivity index (χ1) is 13.2. The summed E-state index contributed by atoms with van der Waals surface area (Å²) >= 11 is 0. The highest BCUT2D eigenvalue weighted by Gasteiger charge is 2.24. The molecular weight excluding hydrogens is 374 g/mol. The minimum atomic E-state index is -0.962. The molecule has 0 fully saturated rings. The first-order valence-corrected chi connectivity index (χ1v) is 8.40. The number of aliphatic imine (C=N–C) groups is 1. The average Bonchev–Trinajstić information content (AvgIpc) is 3.10. The molecule has 0 unspecified atom stereocenters. The monoisotopic (exact) mass is 400 g/mol. The summed E-state index contributed by atoms with van der Waals surface area (Å²) in [4.78, 5) is 41.5. The quantitative estimate of drug-likeness (QED) is 0.0901. The predicted octanol–water partition coefficient (Wildman–Crippen LogP) is -3.02. The highest BCUT2D eigenvalue weighted by molar-refractivity contribution is 5.80. The van der Waals surface area contributed by atoms with Gasteiger partial charge in [0.25, 0.3) is 0 Å². The fourth-order valence-electron chi connectivity index (χ4n) is 2.10. The van der Waals surface area contributed by atoms with Gasteiger partial charge in [-0.2, -0.15) is 4.98 Å². The van der Waals surface area contributed by atoms with E-state index in [-0.39, 0.29) is 30.5 Å². The number of rotatable bonds is 12. The number of hydrogen-bond donors (Lipinski definition) is 6. The van der Waals surface area contributed by atoms with Gasteiger partial charge in [-0.3, -0.25) is 9.79 Å². The standard InChI is InChI=1S/C14H25N9O5/c15-7(2-1-5-19-13(17)18)11-22-12(28-23-11)8(3-4-9(16)24)21-14(27)20-6-10(25)26/h7-8H,1-6,15H2,(H2,16,24)(H,25,26)(H4,17,18,19)(H2,20,21,27)/p+1/t7-,8-/m0/s1. The number of aromatic nitrogens is 2. The normalized spacial score (nSPS) is 12.6. The summed E-state index contributed by atoms with van der Waals surface area (Å²) in [5.41, 5.74) is 21.6. The van der Waals surface area contributed by atoms with Crippen molar-refractivity contribution in [2.24, 2.45) is 27.9 Å². The van der Waals surface area contributed by atoms with Gasteiger partial charge in [0.2, 0.25) is 11.8 Å². The number of guanidine groups is 1. The average molecular weight is 400 g/mol. The van der Waals surface area contributed by atoms with Crippen molar-refractivity contribution >= 4 is 23.9 Å². The highest BCUT2D eigenvalue weighted by Crippen LogP contribution is 2.20. The Bertz CT molecular complexity index is 701. The molecule has 1 heterocycles. The number of carbonyl (C=O) groups excluding carboxylic acids is 3. The molecule has 14 heteroatoms. The molecule has 0 radical (unpaired) electrons. The summed E-state index contributed by atoms with van der Waals surface area (Å²) in [5, 5.41) is 15.2. The van der Waals surface area contributed by atoms with Crippen LogP contribution >= 0.6 is 0 Å². The van der Waals surface area contributed by atoms with Crippen LogP contribution in [0, 0.1) is 0 Å². The Morgan fingerprint density at radius 1 is 1.21 bits per heavy atom. The third kappa shape index (κ3) is 8.79. The lowest BCUT2D eigenvalue weighted by molar-refractivity contribution is -0.135. The third-order valence-corrected chi connectivity index (χ3v) is 3.45. The van der Waals surface area contributed by atoms with Crippen molar-refractivity contribution in [1.29, 1.82) is 0 Å². The number of nitrogens with one attached hydrogen (secondary N) is 2. The molecule has 156 valence electrons. The van der Waals surface area contributed by atoms with Crippen LogP contribution in [-0.2, 0) is 9.59 Å². The summed E-state index contributed by atoms with van der Waals surface area (Å²) in [7, 11) is 0. The van der Waals surface area contributed by atoms with E-state index < -0.39 is 36.5 Å². The van der Waals surface area contributed by atoms with Crippen molar-refractivity contribution in [3.8, 4) is 0 Å². The summed E-state index contributed by atoms with van der Waals surface area (Å²) in [6, 6.07) is -2.11. The van der Waals surface area contributed by atoms with Gasteiger partial charge in [0.05, 0.1) is 6.04 Å². The van der Waals surface area contributed by atoms with Crippen molar-refractivity contribution < 1.29 is 24.0 Å². The molecule has 1 rings (SSSR count). The zero-order chi connectivity index (χ0) is 21.1. The Balaban J connectivity index is 2.73. The van der Waals surface area contributed by atoms with Gasteiger partial charge < -0.3 is 43.2 Å². The SMILES string of the molecule is NC(=O)CC[C@H](NC(=O)NCC(=O)[OH2+])c1nc([C@@H](N)CCCN=C(N)N)no1. The van der Waals surface area contributed by atoms with Crippen molar-refractivity contribution in [2.75, 3.05) is 13.1 Å². The number of carbonyl (C=O) groups is 3. The lowest BCUT2D eigenvalue weighted by atomic mass is 10.1. The molecule has 28 heavy (non-hydrogen) atoms. The van der Waals surface area contributed by atoms with E-state index in [9.17, 15) is 14.4 Å². The molecule has 0 aromatic carbocycles. The summed E-state index contributed by atoms with van der Waals surface area (Å²) in [6.07, 6.45) is 1.13. The minimum Gasteiger partial charge on any atom is -0.563 e. The smallest absolute Gasteiger partial charge is 0.535 e. The molecule has 0 spiro atoms. The molecule has 0 saturated carbocycles. The van der Waals surface area contributed by atoms with E-state index in [4.69, 9.17) is 32.6 Å². The lowest BCUT2D eigenvalue weighted by Gasteiger charge is -2.14. The van der Waals surface area contributed by atoms with Gasteiger partial charge in [0.1, 0.15) is 6.04 Å². The number of urea groups is 1. The molecule has 2 atom stereocenters. The van der Waals surface area contributed by atoms with Crippen LogP contribution in [-0.4, -0.2) is 52.2 Å². The second-order valence-corrected chi connectivity index (χ2v) is 5.85. The van der Waals surface area contributed by atoms with Crippen molar-refractivity contribution in [1.82, 2.24) is 20.8 Å². The molecule has 14 nitrogen and oxygen atoms in total. The number of primary amides is 1. The molecular formula is C14H26N9O5+. The fraction of sp³-hybridized carbons (Fsp3) is 0.571. The Kier molecular flexibility index (Phi) is 9.15. The van der Waals surface area contributed by atoms with Gasteiger partial charge in [0.15, 0.2) is 18.3 Å². The fourth-order valence-corrected chi connectivity index (χ4v) is 2.10. The topological polar surface area (TPSA) is 254 Å². The second-order valence-electron chi connectivity index (χ2n) is 5.85. The third-order valence-electron chi connectivity index (χ3n) is 3.45. The van der Waals surface area contributed by atoms with E-state index in [0.717, 1.165) is 0 Å². The predicted molar refractivity (Wildman–Crippen MR) is 97.5 cm³/mol. The maximum Gasteiger partial charge on any atom is 0.535 e. The van der Waals surface area contributed by atoms with E-state index in [1.807, 2.05) is 0 Å². The van der Waals surface area contributed by atoms with E-state index >= 15 is 0 Å². The highest BCUT2D eigenvalue weighted by atomic mass is 16.5. The first kappa shape index (κ1) is 22.6. The van der Waals surface area contributed by atoms with Gasteiger partial charge in [-0.15, -0.1) is 0 Å². The summed E-state index contributed by atoms with van der Waals surface area (Å²) < 4.78 is 5.14. The van der Waals surface area contributed by atoms with E-state index in [1.165, 1.54) is 0 Å². The van der Waals surface area contributed by atoms with Gasteiger partial charge in [-0.1, -0.05) is 5.16 Å². The lowest BCUT2D eigenvalue weighted by Crippen LogP contribution is -2.40. The van der Waals surface area contributed by atoms with Gasteiger partial charge in [-0.05, 0) is 19.3 Å². The van der Waals surface area contributed by atoms with Crippen LogP contribution in [0.2, 0.25) is 0 Å². The van der Waals surface area contributed by atoms with Crippen LogP contribution in [0.25, 0.3) is 0 Å².